The summed E-state index contributed by atoms with van der Waals surface area (Å²) in [4.78, 5) is 0. The predicted molar refractivity (Wildman–Crippen MR) is 86.8 cm³/mol. The Bertz CT molecular complexity index is 711. The Hall–Kier alpha value is -0.910. The molecule has 0 bridgehead atoms. The first-order chi connectivity index (χ1) is 9.07. The van der Waals surface area contributed by atoms with E-state index in [1.807, 2.05) is 0 Å². The molecule has 0 aliphatic carbocycles. The fourth-order valence-electron chi connectivity index (χ4n) is 2.63. The number of fused-ring (bicyclic) bond motifs is 1. The van der Waals surface area contributed by atoms with Crippen LogP contribution in [0.15, 0.2) is 53.2 Å². The van der Waals surface area contributed by atoms with Crippen LogP contribution < -0.4 is 28.5 Å². The van der Waals surface area contributed by atoms with E-state index in [0.29, 0.717) is 0 Å². The van der Waals surface area contributed by atoms with Crippen molar-refractivity contribution >= 4 is 27.8 Å². The SMILES string of the molecule is C[N+](C)(C)c1c(-c2ccsc2)ccc2ccccc12.[I-]. The van der Waals surface area contributed by atoms with Crippen molar-refractivity contribution in [2.45, 2.75) is 0 Å². The van der Waals surface area contributed by atoms with Crippen molar-refractivity contribution in [1.29, 1.82) is 0 Å². The molecule has 0 N–H and O–H groups in total. The van der Waals surface area contributed by atoms with Gasteiger partial charge in [-0.1, -0.05) is 24.3 Å². The number of nitrogens with zero attached hydrogens (tertiary/aromatic N) is 1. The minimum Gasteiger partial charge on any atom is -1.00 e. The van der Waals surface area contributed by atoms with Crippen LogP contribution in [0.2, 0.25) is 0 Å². The van der Waals surface area contributed by atoms with Crippen molar-refractivity contribution in [2.24, 2.45) is 0 Å². The van der Waals surface area contributed by atoms with Gasteiger partial charge >= 0.3 is 0 Å². The molecular formula is C17H18INS. The summed E-state index contributed by atoms with van der Waals surface area (Å²) in [5.41, 5.74) is 4.04. The standard InChI is InChI=1S/C17H18NS.HI/c1-18(2,3)17-15-7-5-4-6-13(15)8-9-16(17)14-10-11-19-12-14;/h4-12H,1-3H3;1H/q+1;/p-1. The third-order valence-electron chi connectivity index (χ3n) is 3.40. The normalized spacial score (nSPS) is 11.3. The first-order valence-corrected chi connectivity index (χ1v) is 7.38. The summed E-state index contributed by atoms with van der Waals surface area (Å²) >= 11 is 1.75. The van der Waals surface area contributed by atoms with Gasteiger partial charge in [-0.15, -0.1) is 0 Å². The van der Waals surface area contributed by atoms with Gasteiger partial charge in [-0.2, -0.15) is 11.3 Å². The van der Waals surface area contributed by atoms with Gasteiger partial charge in [0.1, 0.15) is 5.69 Å². The summed E-state index contributed by atoms with van der Waals surface area (Å²) in [5.74, 6) is 0. The average Bonchev–Trinajstić information content (AvgIpc) is 2.90. The molecule has 0 amide bonds. The lowest BCUT2D eigenvalue weighted by Gasteiger charge is -2.27. The van der Waals surface area contributed by atoms with E-state index in [0.717, 1.165) is 4.48 Å². The molecule has 0 radical (unpaired) electrons. The highest BCUT2D eigenvalue weighted by molar-refractivity contribution is 7.08. The van der Waals surface area contributed by atoms with Gasteiger partial charge in [-0.25, -0.2) is 0 Å². The minimum absolute atomic E-state index is 0. The lowest BCUT2D eigenvalue weighted by Crippen LogP contribution is -3.00. The highest BCUT2D eigenvalue weighted by Crippen LogP contribution is 2.39. The maximum absolute atomic E-state index is 2.25. The zero-order valence-electron chi connectivity index (χ0n) is 11.9. The molecule has 3 aromatic rings. The molecule has 3 rings (SSSR count). The number of rotatable bonds is 2. The summed E-state index contributed by atoms with van der Waals surface area (Å²) in [7, 11) is 6.70. The van der Waals surface area contributed by atoms with Gasteiger partial charge in [-0.05, 0) is 39.9 Å². The maximum Gasteiger partial charge on any atom is 0.148 e. The molecule has 0 atom stereocenters. The average molecular weight is 395 g/mol. The van der Waals surface area contributed by atoms with E-state index in [-0.39, 0.29) is 24.0 Å². The summed E-state index contributed by atoms with van der Waals surface area (Å²) in [5, 5.41) is 7.02. The van der Waals surface area contributed by atoms with Crippen LogP contribution >= 0.6 is 11.3 Å². The molecule has 0 unspecified atom stereocenters. The van der Waals surface area contributed by atoms with Gasteiger partial charge in [0.15, 0.2) is 0 Å². The third-order valence-corrected chi connectivity index (χ3v) is 4.09. The summed E-state index contributed by atoms with van der Waals surface area (Å²) in [6.07, 6.45) is 0. The number of thiophene rings is 1. The van der Waals surface area contributed by atoms with Crippen molar-refractivity contribution in [1.82, 2.24) is 4.48 Å². The molecule has 0 spiro atoms. The van der Waals surface area contributed by atoms with Crippen molar-refractivity contribution < 1.29 is 24.0 Å². The largest absolute Gasteiger partial charge is 1.00 e. The summed E-state index contributed by atoms with van der Waals surface area (Å²) in [6, 6.07) is 15.3. The predicted octanol–water partition coefficient (Wildman–Crippen LogP) is 1.77. The van der Waals surface area contributed by atoms with Gasteiger partial charge < -0.3 is 24.0 Å². The Morgan fingerprint density at radius 3 is 2.30 bits per heavy atom. The lowest BCUT2D eigenvalue weighted by atomic mass is 9.98. The van der Waals surface area contributed by atoms with Crippen LogP contribution in [0.3, 0.4) is 0 Å². The lowest BCUT2D eigenvalue weighted by molar-refractivity contribution is -0.00000392. The van der Waals surface area contributed by atoms with Crippen LogP contribution in [0, 0.1) is 0 Å². The second-order valence-corrected chi connectivity index (χ2v) is 6.49. The van der Waals surface area contributed by atoms with E-state index in [2.05, 4.69) is 74.4 Å². The molecule has 0 saturated carbocycles. The topological polar surface area (TPSA) is 0 Å². The Labute approximate surface area is 141 Å². The first-order valence-electron chi connectivity index (χ1n) is 6.44. The van der Waals surface area contributed by atoms with Gasteiger partial charge in [0, 0.05) is 10.9 Å². The van der Waals surface area contributed by atoms with E-state index in [9.17, 15) is 0 Å². The van der Waals surface area contributed by atoms with Crippen LogP contribution in [0.4, 0.5) is 5.69 Å². The van der Waals surface area contributed by atoms with Crippen molar-refractivity contribution in [3.63, 3.8) is 0 Å². The van der Waals surface area contributed by atoms with Gasteiger partial charge in [0.25, 0.3) is 0 Å². The van der Waals surface area contributed by atoms with Crippen LogP contribution in [0.1, 0.15) is 0 Å². The molecule has 0 aliphatic rings. The smallest absolute Gasteiger partial charge is 0.148 e. The first kappa shape index (κ1) is 15.5. The molecule has 2 aromatic carbocycles. The second-order valence-electron chi connectivity index (χ2n) is 5.71. The maximum atomic E-state index is 2.25. The molecule has 104 valence electrons. The number of halogens is 1. The quantitative estimate of drug-likeness (QED) is 0.459. The van der Waals surface area contributed by atoms with Gasteiger partial charge in [0.05, 0.1) is 21.1 Å². The highest BCUT2D eigenvalue weighted by Gasteiger charge is 2.22. The minimum atomic E-state index is 0. The molecular weight excluding hydrogens is 377 g/mol. The number of hydrogen-bond acceptors (Lipinski definition) is 1. The van der Waals surface area contributed by atoms with E-state index in [1.165, 1.54) is 27.6 Å². The van der Waals surface area contributed by atoms with Crippen molar-refractivity contribution in [2.75, 3.05) is 21.1 Å². The molecule has 1 nitrogen and oxygen atoms in total. The van der Waals surface area contributed by atoms with Crippen molar-refractivity contribution in [3.8, 4) is 11.1 Å². The van der Waals surface area contributed by atoms with Gasteiger partial charge in [-0.3, -0.25) is 4.48 Å². The van der Waals surface area contributed by atoms with Crippen LogP contribution in [-0.2, 0) is 0 Å². The Morgan fingerprint density at radius 2 is 1.65 bits per heavy atom. The molecule has 1 aromatic heterocycles. The van der Waals surface area contributed by atoms with Crippen molar-refractivity contribution in [3.05, 3.63) is 53.2 Å². The fourth-order valence-corrected chi connectivity index (χ4v) is 3.28. The number of benzene rings is 2. The van der Waals surface area contributed by atoms with Crippen LogP contribution in [0.5, 0.6) is 0 Å². The Balaban J connectivity index is 0.00000147. The van der Waals surface area contributed by atoms with Crippen LogP contribution in [-0.4, -0.2) is 21.1 Å². The van der Waals surface area contributed by atoms with Crippen LogP contribution in [0.25, 0.3) is 21.9 Å². The second kappa shape index (κ2) is 5.84. The Kier molecular flexibility index (Phi) is 4.52. The van der Waals surface area contributed by atoms with Gasteiger partial charge in [0.2, 0.25) is 0 Å². The van der Waals surface area contributed by atoms with E-state index in [4.69, 9.17) is 0 Å². The molecule has 0 aliphatic heterocycles. The summed E-state index contributed by atoms with van der Waals surface area (Å²) < 4.78 is 0.826. The zero-order chi connectivity index (χ0) is 13.5. The molecule has 3 heteroatoms. The van der Waals surface area contributed by atoms with E-state index >= 15 is 0 Å². The highest BCUT2D eigenvalue weighted by atomic mass is 127. The summed E-state index contributed by atoms with van der Waals surface area (Å²) in [6.45, 7) is 0. The van der Waals surface area contributed by atoms with E-state index < -0.39 is 0 Å². The molecule has 20 heavy (non-hydrogen) atoms. The third kappa shape index (κ3) is 2.75. The molecule has 1 heterocycles. The number of quaternary nitrogens is 1. The van der Waals surface area contributed by atoms with E-state index in [1.54, 1.807) is 11.3 Å². The number of hydrogen-bond donors (Lipinski definition) is 0. The fraction of sp³-hybridized carbons (Fsp3) is 0.176. The Morgan fingerprint density at radius 1 is 0.900 bits per heavy atom. The molecule has 0 saturated heterocycles. The monoisotopic (exact) mass is 395 g/mol. The molecule has 0 fully saturated rings. The zero-order valence-corrected chi connectivity index (χ0v) is 14.9.